The predicted octanol–water partition coefficient (Wildman–Crippen LogP) is 0.716. The number of aromatic nitrogens is 2. The standard InChI is InChI=1S/C24H31N5O5/c1-16-6-7-20-19(13-16)23(32)26-8-11-28(10-4-5-21(30)25-9-12-34-20)22(31)15-29-18(3)14-17(2)27-24(29)33/h6-7,13-14H,4-5,8-12,15H2,1-3H3,(H,25,30)(H,26,32). The van der Waals surface area contributed by atoms with E-state index in [9.17, 15) is 19.2 Å². The molecule has 10 heteroatoms. The van der Waals surface area contributed by atoms with Crippen LogP contribution in [0.2, 0.25) is 0 Å². The average Bonchev–Trinajstić information content (AvgIpc) is 2.78. The molecule has 2 heterocycles. The van der Waals surface area contributed by atoms with E-state index in [1.54, 1.807) is 36.9 Å². The first kappa shape index (κ1) is 24.9. The molecule has 0 saturated carbocycles. The van der Waals surface area contributed by atoms with Gasteiger partial charge in [-0.05, 0) is 45.4 Å². The van der Waals surface area contributed by atoms with Gasteiger partial charge in [0.1, 0.15) is 18.9 Å². The molecule has 182 valence electrons. The molecule has 0 aliphatic carbocycles. The van der Waals surface area contributed by atoms with Gasteiger partial charge in [-0.15, -0.1) is 0 Å². The molecule has 2 aromatic rings. The van der Waals surface area contributed by atoms with E-state index in [2.05, 4.69) is 15.6 Å². The lowest BCUT2D eigenvalue weighted by Crippen LogP contribution is -2.42. The van der Waals surface area contributed by atoms with Gasteiger partial charge in [0.25, 0.3) is 5.91 Å². The molecule has 0 spiro atoms. The molecule has 1 aliphatic heterocycles. The van der Waals surface area contributed by atoms with Crippen LogP contribution in [-0.2, 0) is 16.1 Å². The molecule has 3 amide bonds. The van der Waals surface area contributed by atoms with E-state index < -0.39 is 5.69 Å². The van der Waals surface area contributed by atoms with Crippen molar-refractivity contribution in [2.45, 2.75) is 40.2 Å². The molecular formula is C24H31N5O5. The van der Waals surface area contributed by atoms with Crippen molar-refractivity contribution in [1.82, 2.24) is 25.1 Å². The van der Waals surface area contributed by atoms with Crippen molar-refractivity contribution in [2.24, 2.45) is 0 Å². The van der Waals surface area contributed by atoms with Crippen LogP contribution in [0, 0.1) is 20.8 Å². The van der Waals surface area contributed by atoms with Gasteiger partial charge < -0.3 is 20.3 Å². The van der Waals surface area contributed by atoms with E-state index in [0.717, 1.165) is 5.56 Å². The second-order valence-corrected chi connectivity index (χ2v) is 8.35. The first-order valence-electron chi connectivity index (χ1n) is 11.4. The third-order valence-corrected chi connectivity index (χ3v) is 5.55. The molecule has 0 radical (unpaired) electrons. The van der Waals surface area contributed by atoms with Gasteiger partial charge in [-0.25, -0.2) is 4.79 Å². The van der Waals surface area contributed by atoms with Crippen LogP contribution in [0.15, 0.2) is 29.1 Å². The Labute approximate surface area is 198 Å². The number of rotatable bonds is 2. The SMILES string of the molecule is Cc1ccc2c(c1)C(=O)NCCN(C(=O)Cn1c(C)cc(C)nc1=O)CCCC(=O)NCCO2. The van der Waals surface area contributed by atoms with Crippen LogP contribution in [0.25, 0.3) is 0 Å². The molecule has 2 N–H and O–H groups in total. The second-order valence-electron chi connectivity index (χ2n) is 8.35. The normalized spacial score (nSPS) is 15.8. The topological polar surface area (TPSA) is 123 Å². The summed E-state index contributed by atoms with van der Waals surface area (Å²) < 4.78 is 7.04. The summed E-state index contributed by atoms with van der Waals surface area (Å²) in [5, 5.41) is 5.63. The number of carbonyl (C=O) groups excluding carboxylic acids is 3. The minimum Gasteiger partial charge on any atom is -0.491 e. The third-order valence-electron chi connectivity index (χ3n) is 5.55. The van der Waals surface area contributed by atoms with Crippen molar-refractivity contribution < 1.29 is 19.1 Å². The minimum atomic E-state index is -0.483. The molecule has 0 atom stereocenters. The van der Waals surface area contributed by atoms with Crippen LogP contribution in [0.4, 0.5) is 0 Å². The fraction of sp³-hybridized carbons (Fsp3) is 0.458. The van der Waals surface area contributed by atoms with Crippen LogP contribution in [0.1, 0.15) is 40.2 Å². The minimum absolute atomic E-state index is 0.140. The second kappa shape index (κ2) is 11.4. The molecular weight excluding hydrogens is 438 g/mol. The Hall–Kier alpha value is -3.69. The summed E-state index contributed by atoms with van der Waals surface area (Å²) >= 11 is 0. The zero-order valence-corrected chi connectivity index (χ0v) is 19.8. The molecule has 1 aliphatic rings. The summed E-state index contributed by atoms with van der Waals surface area (Å²) in [4.78, 5) is 55.8. The maximum Gasteiger partial charge on any atom is 0.348 e. The molecule has 0 bridgehead atoms. The Morgan fingerprint density at radius 1 is 1.06 bits per heavy atom. The number of amides is 3. The number of fused-ring (bicyclic) bond motifs is 1. The van der Waals surface area contributed by atoms with E-state index in [0.29, 0.717) is 42.2 Å². The summed E-state index contributed by atoms with van der Waals surface area (Å²) in [6, 6.07) is 7.06. The lowest BCUT2D eigenvalue weighted by atomic mass is 10.1. The van der Waals surface area contributed by atoms with Crippen LogP contribution in [-0.4, -0.2) is 65.0 Å². The zero-order valence-electron chi connectivity index (χ0n) is 19.8. The lowest BCUT2D eigenvalue weighted by Gasteiger charge is -2.24. The molecule has 34 heavy (non-hydrogen) atoms. The van der Waals surface area contributed by atoms with Crippen molar-refractivity contribution in [3.05, 3.63) is 57.3 Å². The maximum atomic E-state index is 13.1. The number of carbonyl (C=O) groups is 3. The number of aryl methyl sites for hydroxylation is 3. The Kier molecular flexibility index (Phi) is 8.39. The predicted molar refractivity (Wildman–Crippen MR) is 126 cm³/mol. The number of nitrogens with one attached hydrogen (secondary N) is 2. The quantitative estimate of drug-likeness (QED) is 0.668. The molecule has 1 aromatic carbocycles. The van der Waals surface area contributed by atoms with Crippen molar-refractivity contribution in [3.8, 4) is 5.75 Å². The molecule has 0 fully saturated rings. The van der Waals surface area contributed by atoms with E-state index in [1.165, 1.54) is 4.57 Å². The largest absolute Gasteiger partial charge is 0.491 e. The Balaban J connectivity index is 1.77. The fourth-order valence-electron chi connectivity index (χ4n) is 3.78. The fourth-order valence-corrected chi connectivity index (χ4v) is 3.78. The molecule has 3 rings (SSSR count). The number of nitrogens with zero attached hydrogens (tertiary/aromatic N) is 3. The van der Waals surface area contributed by atoms with Crippen LogP contribution >= 0.6 is 0 Å². The molecule has 0 unspecified atom stereocenters. The van der Waals surface area contributed by atoms with Gasteiger partial charge in [-0.3, -0.25) is 19.0 Å². The highest BCUT2D eigenvalue weighted by Gasteiger charge is 2.19. The smallest absolute Gasteiger partial charge is 0.348 e. The van der Waals surface area contributed by atoms with Crippen molar-refractivity contribution in [1.29, 1.82) is 0 Å². The third kappa shape index (κ3) is 6.66. The monoisotopic (exact) mass is 469 g/mol. The zero-order chi connectivity index (χ0) is 24.7. The van der Waals surface area contributed by atoms with E-state index >= 15 is 0 Å². The number of hydrogen-bond donors (Lipinski definition) is 2. The van der Waals surface area contributed by atoms with E-state index in [-0.39, 0.29) is 50.4 Å². The Bertz CT molecular complexity index is 1130. The van der Waals surface area contributed by atoms with E-state index in [1.807, 2.05) is 13.0 Å². The van der Waals surface area contributed by atoms with Gasteiger partial charge in [0.15, 0.2) is 0 Å². The molecule has 0 saturated heterocycles. The van der Waals surface area contributed by atoms with Crippen molar-refractivity contribution >= 4 is 17.7 Å². The van der Waals surface area contributed by atoms with Crippen molar-refractivity contribution in [2.75, 3.05) is 32.8 Å². The summed E-state index contributed by atoms with van der Waals surface area (Å²) in [6.07, 6.45) is 0.697. The van der Waals surface area contributed by atoms with E-state index in [4.69, 9.17) is 4.74 Å². The summed E-state index contributed by atoms with van der Waals surface area (Å²) in [5.41, 5.74) is 2.06. The van der Waals surface area contributed by atoms with Gasteiger partial charge in [-0.1, -0.05) is 11.6 Å². The van der Waals surface area contributed by atoms with Gasteiger partial charge in [0.2, 0.25) is 11.8 Å². The highest BCUT2D eigenvalue weighted by Crippen LogP contribution is 2.20. The first-order valence-corrected chi connectivity index (χ1v) is 11.4. The highest BCUT2D eigenvalue weighted by atomic mass is 16.5. The Morgan fingerprint density at radius 3 is 2.62 bits per heavy atom. The first-order chi connectivity index (χ1) is 16.2. The maximum absolute atomic E-state index is 13.1. The number of hydrogen-bond acceptors (Lipinski definition) is 6. The van der Waals surface area contributed by atoms with Gasteiger partial charge in [0.05, 0.1) is 12.1 Å². The molecule has 10 nitrogen and oxygen atoms in total. The van der Waals surface area contributed by atoms with Gasteiger partial charge in [-0.2, -0.15) is 4.98 Å². The highest BCUT2D eigenvalue weighted by molar-refractivity contribution is 5.97. The van der Waals surface area contributed by atoms with Gasteiger partial charge in [0, 0.05) is 37.4 Å². The number of ether oxygens (including phenoxy) is 1. The number of benzene rings is 1. The van der Waals surface area contributed by atoms with Crippen LogP contribution < -0.4 is 21.1 Å². The average molecular weight is 470 g/mol. The van der Waals surface area contributed by atoms with Crippen LogP contribution in [0.5, 0.6) is 5.75 Å². The Morgan fingerprint density at radius 2 is 1.85 bits per heavy atom. The van der Waals surface area contributed by atoms with Crippen molar-refractivity contribution in [3.63, 3.8) is 0 Å². The summed E-state index contributed by atoms with van der Waals surface area (Å²) in [6.45, 7) is 6.51. The lowest BCUT2D eigenvalue weighted by molar-refractivity contribution is -0.132. The molecule has 1 aromatic heterocycles. The summed E-state index contributed by atoms with van der Waals surface area (Å²) in [5.74, 6) is -0.296. The summed E-state index contributed by atoms with van der Waals surface area (Å²) in [7, 11) is 0. The van der Waals surface area contributed by atoms with Gasteiger partial charge >= 0.3 is 5.69 Å². The van der Waals surface area contributed by atoms with Crippen LogP contribution in [0.3, 0.4) is 0 Å².